The highest BCUT2D eigenvalue weighted by molar-refractivity contribution is 7.12. The number of thiophene rings is 1. The summed E-state index contributed by atoms with van der Waals surface area (Å²) in [6.07, 6.45) is 0.965. The summed E-state index contributed by atoms with van der Waals surface area (Å²) in [6, 6.07) is 3.79. The third kappa shape index (κ3) is 4.30. The van der Waals surface area contributed by atoms with Crippen LogP contribution in [0.25, 0.3) is 0 Å². The van der Waals surface area contributed by atoms with Gasteiger partial charge in [0.1, 0.15) is 0 Å². The van der Waals surface area contributed by atoms with Crippen LogP contribution in [0.2, 0.25) is 0 Å². The highest BCUT2D eigenvalue weighted by Gasteiger charge is 2.23. The lowest BCUT2D eigenvalue weighted by Crippen LogP contribution is -2.41. The Kier molecular flexibility index (Phi) is 4.60. The van der Waals surface area contributed by atoms with E-state index in [0.717, 1.165) is 37.5 Å². The second-order valence-electron chi connectivity index (χ2n) is 5.71. The minimum Gasteiger partial charge on any atom is -0.389 e. The molecule has 0 bridgehead atoms. The van der Waals surface area contributed by atoms with E-state index in [1.54, 1.807) is 0 Å². The SMILES string of the molecule is CC(C)(O)CN1CCCN(C(=O)c2cccs2)CC1. The van der Waals surface area contributed by atoms with Crippen LogP contribution >= 0.6 is 11.3 Å². The fourth-order valence-corrected chi connectivity index (χ4v) is 3.13. The maximum atomic E-state index is 12.3. The number of amides is 1. The molecular formula is C14H22N2O2S. The summed E-state index contributed by atoms with van der Waals surface area (Å²) >= 11 is 1.50. The lowest BCUT2D eigenvalue weighted by atomic mass is 10.1. The number of hydrogen-bond acceptors (Lipinski definition) is 4. The summed E-state index contributed by atoms with van der Waals surface area (Å²) in [7, 11) is 0. The third-order valence-corrected chi connectivity index (χ3v) is 4.08. The Morgan fingerprint density at radius 1 is 1.37 bits per heavy atom. The molecule has 0 radical (unpaired) electrons. The largest absolute Gasteiger partial charge is 0.389 e. The van der Waals surface area contributed by atoms with Gasteiger partial charge in [-0.05, 0) is 31.7 Å². The van der Waals surface area contributed by atoms with Crippen molar-refractivity contribution in [1.82, 2.24) is 9.80 Å². The lowest BCUT2D eigenvalue weighted by Gasteiger charge is -2.27. The summed E-state index contributed by atoms with van der Waals surface area (Å²) in [5, 5.41) is 11.8. The summed E-state index contributed by atoms with van der Waals surface area (Å²) in [6.45, 7) is 7.64. The zero-order valence-corrected chi connectivity index (χ0v) is 12.4. The van der Waals surface area contributed by atoms with E-state index < -0.39 is 5.60 Å². The van der Waals surface area contributed by atoms with Crippen molar-refractivity contribution in [2.45, 2.75) is 25.9 Å². The molecule has 19 heavy (non-hydrogen) atoms. The third-order valence-electron chi connectivity index (χ3n) is 3.22. The minimum atomic E-state index is -0.674. The van der Waals surface area contributed by atoms with Gasteiger partial charge in [0.25, 0.3) is 5.91 Å². The average Bonchev–Trinajstić information content (AvgIpc) is 2.75. The zero-order chi connectivity index (χ0) is 13.9. The van der Waals surface area contributed by atoms with Gasteiger partial charge in [-0.1, -0.05) is 6.07 Å². The molecule has 4 nitrogen and oxygen atoms in total. The zero-order valence-electron chi connectivity index (χ0n) is 11.6. The molecule has 1 aromatic heterocycles. The van der Waals surface area contributed by atoms with Crippen molar-refractivity contribution in [1.29, 1.82) is 0 Å². The molecule has 1 saturated heterocycles. The van der Waals surface area contributed by atoms with Gasteiger partial charge >= 0.3 is 0 Å². The van der Waals surface area contributed by atoms with Crippen molar-refractivity contribution in [3.63, 3.8) is 0 Å². The van der Waals surface area contributed by atoms with Crippen LogP contribution in [0.1, 0.15) is 29.9 Å². The first-order valence-corrected chi connectivity index (χ1v) is 7.61. The molecule has 1 fully saturated rings. The Bertz CT molecular complexity index is 412. The highest BCUT2D eigenvalue weighted by atomic mass is 32.1. The monoisotopic (exact) mass is 282 g/mol. The van der Waals surface area contributed by atoms with E-state index in [9.17, 15) is 9.90 Å². The minimum absolute atomic E-state index is 0.139. The van der Waals surface area contributed by atoms with E-state index in [0.29, 0.717) is 6.54 Å². The average molecular weight is 282 g/mol. The van der Waals surface area contributed by atoms with Gasteiger partial charge in [-0.15, -0.1) is 11.3 Å². The van der Waals surface area contributed by atoms with E-state index in [4.69, 9.17) is 0 Å². The number of carbonyl (C=O) groups excluding carboxylic acids is 1. The number of aliphatic hydroxyl groups is 1. The molecule has 0 saturated carbocycles. The molecule has 1 aliphatic rings. The molecule has 106 valence electrons. The first-order chi connectivity index (χ1) is 8.96. The van der Waals surface area contributed by atoms with Crippen molar-refractivity contribution in [2.24, 2.45) is 0 Å². The summed E-state index contributed by atoms with van der Waals surface area (Å²) in [4.78, 5) is 17.3. The van der Waals surface area contributed by atoms with Crippen molar-refractivity contribution < 1.29 is 9.90 Å². The van der Waals surface area contributed by atoms with Crippen molar-refractivity contribution >= 4 is 17.2 Å². The molecule has 1 aromatic rings. The number of β-amino-alcohol motifs (C(OH)–C–C–N with tert-alkyl or cyclic N) is 1. The number of carbonyl (C=O) groups is 1. The lowest BCUT2D eigenvalue weighted by molar-refractivity contribution is 0.0374. The Labute approximate surface area is 118 Å². The smallest absolute Gasteiger partial charge is 0.263 e. The first kappa shape index (κ1) is 14.5. The number of nitrogens with zero attached hydrogens (tertiary/aromatic N) is 2. The molecule has 2 heterocycles. The van der Waals surface area contributed by atoms with Crippen LogP contribution in [-0.4, -0.2) is 59.1 Å². The Morgan fingerprint density at radius 3 is 2.79 bits per heavy atom. The van der Waals surface area contributed by atoms with E-state index in [-0.39, 0.29) is 5.91 Å². The molecule has 5 heteroatoms. The molecule has 0 aromatic carbocycles. The van der Waals surface area contributed by atoms with Crippen LogP contribution in [0.15, 0.2) is 17.5 Å². The molecule has 0 spiro atoms. The summed E-state index contributed by atoms with van der Waals surface area (Å²) in [5.41, 5.74) is -0.674. The molecule has 2 rings (SSSR count). The molecule has 0 atom stereocenters. The molecule has 0 aliphatic carbocycles. The van der Waals surface area contributed by atoms with Crippen LogP contribution < -0.4 is 0 Å². The maximum Gasteiger partial charge on any atom is 0.263 e. The van der Waals surface area contributed by atoms with Gasteiger partial charge in [0, 0.05) is 32.7 Å². The van der Waals surface area contributed by atoms with Crippen molar-refractivity contribution in [3.8, 4) is 0 Å². The highest BCUT2D eigenvalue weighted by Crippen LogP contribution is 2.15. The van der Waals surface area contributed by atoms with Gasteiger partial charge in [-0.2, -0.15) is 0 Å². The quantitative estimate of drug-likeness (QED) is 0.917. The first-order valence-electron chi connectivity index (χ1n) is 6.73. The Morgan fingerprint density at radius 2 is 2.16 bits per heavy atom. The number of rotatable bonds is 3. The van der Waals surface area contributed by atoms with Gasteiger partial charge in [0.05, 0.1) is 10.5 Å². The predicted molar refractivity (Wildman–Crippen MR) is 77.6 cm³/mol. The molecule has 1 aliphatic heterocycles. The topological polar surface area (TPSA) is 43.8 Å². The van der Waals surface area contributed by atoms with Gasteiger partial charge in [-0.3, -0.25) is 9.69 Å². The Balaban J connectivity index is 1.92. The molecule has 1 N–H and O–H groups in total. The van der Waals surface area contributed by atoms with Gasteiger partial charge in [0.2, 0.25) is 0 Å². The fraction of sp³-hybridized carbons (Fsp3) is 0.643. The van der Waals surface area contributed by atoms with Gasteiger partial charge in [0.15, 0.2) is 0 Å². The molecular weight excluding hydrogens is 260 g/mol. The standard InChI is InChI=1S/C14H22N2O2S/c1-14(2,18)11-15-6-4-7-16(9-8-15)13(17)12-5-3-10-19-12/h3,5,10,18H,4,6-9,11H2,1-2H3. The summed E-state index contributed by atoms with van der Waals surface area (Å²) in [5.74, 6) is 0.139. The van der Waals surface area contributed by atoms with E-state index >= 15 is 0 Å². The van der Waals surface area contributed by atoms with E-state index in [1.807, 2.05) is 36.3 Å². The van der Waals surface area contributed by atoms with Crippen LogP contribution in [0.4, 0.5) is 0 Å². The van der Waals surface area contributed by atoms with E-state index in [1.165, 1.54) is 11.3 Å². The normalized spacial score (nSPS) is 18.4. The van der Waals surface area contributed by atoms with Crippen LogP contribution in [0.5, 0.6) is 0 Å². The second kappa shape index (κ2) is 6.03. The van der Waals surface area contributed by atoms with Crippen molar-refractivity contribution in [3.05, 3.63) is 22.4 Å². The second-order valence-corrected chi connectivity index (χ2v) is 6.66. The predicted octanol–water partition coefficient (Wildman–Crippen LogP) is 1.67. The van der Waals surface area contributed by atoms with Crippen molar-refractivity contribution in [2.75, 3.05) is 32.7 Å². The van der Waals surface area contributed by atoms with Gasteiger partial charge < -0.3 is 10.0 Å². The van der Waals surface area contributed by atoms with Crippen LogP contribution in [0, 0.1) is 0 Å². The fourth-order valence-electron chi connectivity index (χ4n) is 2.44. The molecule has 0 unspecified atom stereocenters. The maximum absolute atomic E-state index is 12.3. The van der Waals surface area contributed by atoms with Crippen LogP contribution in [-0.2, 0) is 0 Å². The van der Waals surface area contributed by atoms with E-state index in [2.05, 4.69) is 4.90 Å². The van der Waals surface area contributed by atoms with Crippen LogP contribution in [0.3, 0.4) is 0 Å². The summed E-state index contributed by atoms with van der Waals surface area (Å²) < 4.78 is 0. The number of hydrogen-bond donors (Lipinski definition) is 1. The Hall–Kier alpha value is -0.910. The molecule has 1 amide bonds. The van der Waals surface area contributed by atoms with Gasteiger partial charge in [-0.25, -0.2) is 0 Å².